The number of nitrogens with one attached hydrogen (secondary N) is 1. The van der Waals surface area contributed by atoms with E-state index in [9.17, 15) is 9.59 Å². The molecule has 0 unspecified atom stereocenters. The van der Waals surface area contributed by atoms with Crippen molar-refractivity contribution in [2.75, 3.05) is 36.4 Å². The third-order valence-electron chi connectivity index (χ3n) is 5.80. The number of rotatable bonds is 6. The Kier molecular flexibility index (Phi) is 8.15. The molecule has 10 heteroatoms. The SMILES string of the molecule is CC(C)N(Cc1nc(C(=O)N2CCN(c3ccccc3Cl)CC2)cs1)C(=O)Nc1cccc(Cl)c1. The maximum absolute atomic E-state index is 13.1. The van der Waals surface area contributed by atoms with Crippen LogP contribution in [0.4, 0.5) is 16.2 Å². The first-order valence-corrected chi connectivity index (χ1v) is 13.0. The molecule has 3 aromatic rings. The topological polar surface area (TPSA) is 68.8 Å². The van der Waals surface area contributed by atoms with Crippen molar-refractivity contribution in [2.24, 2.45) is 0 Å². The zero-order chi connectivity index (χ0) is 24.9. The fourth-order valence-electron chi connectivity index (χ4n) is 3.90. The molecular formula is C25H27Cl2N5O2S. The van der Waals surface area contributed by atoms with Crippen LogP contribution in [0.25, 0.3) is 0 Å². The van der Waals surface area contributed by atoms with E-state index in [1.807, 2.05) is 43.0 Å². The lowest BCUT2D eigenvalue weighted by molar-refractivity contribution is 0.0741. The minimum Gasteiger partial charge on any atom is -0.367 e. The van der Waals surface area contributed by atoms with Gasteiger partial charge in [-0.05, 0) is 44.2 Å². The maximum atomic E-state index is 13.1. The number of halogens is 2. The van der Waals surface area contributed by atoms with Gasteiger partial charge in [-0.1, -0.05) is 41.4 Å². The highest BCUT2D eigenvalue weighted by Gasteiger charge is 2.26. The summed E-state index contributed by atoms with van der Waals surface area (Å²) in [5, 5.41) is 6.62. The summed E-state index contributed by atoms with van der Waals surface area (Å²) >= 11 is 13.7. The van der Waals surface area contributed by atoms with E-state index in [2.05, 4.69) is 15.2 Å². The Morgan fingerprint density at radius 3 is 2.51 bits per heavy atom. The number of nitrogens with zero attached hydrogens (tertiary/aromatic N) is 4. The summed E-state index contributed by atoms with van der Waals surface area (Å²) in [5.74, 6) is -0.0919. The molecule has 0 aliphatic carbocycles. The second-order valence-electron chi connectivity index (χ2n) is 8.52. The first kappa shape index (κ1) is 25.3. The molecule has 35 heavy (non-hydrogen) atoms. The normalized spacial score (nSPS) is 13.7. The molecule has 2 aromatic carbocycles. The molecular weight excluding hydrogens is 505 g/mol. The Morgan fingerprint density at radius 1 is 1.09 bits per heavy atom. The summed E-state index contributed by atoms with van der Waals surface area (Å²) < 4.78 is 0. The molecule has 7 nitrogen and oxygen atoms in total. The molecule has 1 aromatic heterocycles. The molecule has 0 spiro atoms. The Bertz CT molecular complexity index is 1190. The number of anilines is 2. The second kappa shape index (κ2) is 11.3. The lowest BCUT2D eigenvalue weighted by Gasteiger charge is -2.36. The van der Waals surface area contributed by atoms with Crippen LogP contribution in [0.5, 0.6) is 0 Å². The molecule has 1 saturated heterocycles. The predicted octanol–water partition coefficient (Wildman–Crippen LogP) is 5.85. The van der Waals surface area contributed by atoms with Crippen molar-refractivity contribution < 1.29 is 9.59 Å². The summed E-state index contributed by atoms with van der Waals surface area (Å²) in [6.07, 6.45) is 0. The number of aromatic nitrogens is 1. The van der Waals surface area contributed by atoms with Crippen LogP contribution < -0.4 is 10.2 Å². The third-order valence-corrected chi connectivity index (χ3v) is 7.18. The van der Waals surface area contributed by atoms with Crippen LogP contribution in [0.3, 0.4) is 0 Å². The highest BCUT2D eigenvalue weighted by Crippen LogP contribution is 2.26. The molecule has 1 aliphatic heterocycles. The fraction of sp³-hybridized carbons (Fsp3) is 0.320. The van der Waals surface area contributed by atoms with Crippen molar-refractivity contribution in [2.45, 2.75) is 26.4 Å². The Labute approximate surface area is 219 Å². The highest BCUT2D eigenvalue weighted by molar-refractivity contribution is 7.09. The molecule has 3 amide bonds. The van der Waals surface area contributed by atoms with E-state index in [0.717, 1.165) is 5.69 Å². The largest absolute Gasteiger partial charge is 0.367 e. The van der Waals surface area contributed by atoms with E-state index in [1.54, 1.807) is 34.5 Å². The molecule has 2 heterocycles. The number of urea groups is 1. The zero-order valence-corrected chi connectivity index (χ0v) is 21.9. The van der Waals surface area contributed by atoms with E-state index in [-0.39, 0.29) is 18.0 Å². The molecule has 0 saturated carbocycles. The highest BCUT2D eigenvalue weighted by atomic mass is 35.5. The molecule has 4 rings (SSSR count). The predicted molar refractivity (Wildman–Crippen MR) is 143 cm³/mol. The van der Waals surface area contributed by atoms with Gasteiger partial charge < -0.3 is 20.0 Å². The average Bonchev–Trinajstić information content (AvgIpc) is 3.31. The van der Waals surface area contributed by atoms with E-state index in [0.29, 0.717) is 59.2 Å². The van der Waals surface area contributed by atoms with Crippen molar-refractivity contribution in [1.82, 2.24) is 14.8 Å². The fourth-order valence-corrected chi connectivity index (χ4v) is 5.11. The monoisotopic (exact) mass is 531 g/mol. The molecule has 184 valence electrons. The number of thiazole rings is 1. The third kappa shape index (κ3) is 6.25. The summed E-state index contributed by atoms with van der Waals surface area (Å²) in [6.45, 7) is 6.79. The van der Waals surface area contributed by atoms with Gasteiger partial charge in [-0.3, -0.25) is 4.79 Å². The molecule has 1 fully saturated rings. The van der Waals surface area contributed by atoms with E-state index in [4.69, 9.17) is 23.2 Å². The Morgan fingerprint density at radius 2 is 1.83 bits per heavy atom. The van der Waals surface area contributed by atoms with Crippen LogP contribution in [0.2, 0.25) is 10.0 Å². The van der Waals surface area contributed by atoms with Gasteiger partial charge in [-0.2, -0.15) is 0 Å². The van der Waals surface area contributed by atoms with Crippen molar-refractivity contribution in [3.63, 3.8) is 0 Å². The Hall–Kier alpha value is -2.81. The van der Waals surface area contributed by atoms with Gasteiger partial charge in [-0.15, -0.1) is 11.3 Å². The summed E-state index contributed by atoms with van der Waals surface area (Å²) in [4.78, 5) is 36.2. The summed E-state index contributed by atoms with van der Waals surface area (Å²) in [6, 6.07) is 14.5. The standard InChI is InChI=1S/C25H27Cl2N5O2S/c1-17(2)32(25(34)28-19-7-5-6-18(26)14-19)15-23-29-21(16-35-23)24(33)31-12-10-30(11-13-31)22-9-4-3-8-20(22)27/h3-9,14,16-17H,10-13,15H2,1-2H3,(H,28,34). The minimum absolute atomic E-state index is 0.0601. The number of benzene rings is 2. The maximum Gasteiger partial charge on any atom is 0.322 e. The molecule has 1 N–H and O–H groups in total. The number of para-hydroxylation sites is 1. The molecule has 1 aliphatic rings. The van der Waals surface area contributed by atoms with Gasteiger partial charge in [0.25, 0.3) is 5.91 Å². The quantitative estimate of drug-likeness (QED) is 0.432. The van der Waals surface area contributed by atoms with Gasteiger partial charge >= 0.3 is 6.03 Å². The van der Waals surface area contributed by atoms with Gasteiger partial charge in [0, 0.05) is 48.3 Å². The van der Waals surface area contributed by atoms with Gasteiger partial charge in [0.1, 0.15) is 10.7 Å². The van der Waals surface area contributed by atoms with Crippen LogP contribution in [0, 0.1) is 0 Å². The number of carbonyl (C=O) groups excluding carboxylic acids is 2. The molecule has 0 radical (unpaired) electrons. The van der Waals surface area contributed by atoms with E-state index < -0.39 is 0 Å². The van der Waals surface area contributed by atoms with Gasteiger partial charge in [-0.25, -0.2) is 9.78 Å². The number of hydrogen-bond donors (Lipinski definition) is 1. The van der Waals surface area contributed by atoms with Crippen LogP contribution in [-0.4, -0.2) is 58.9 Å². The lowest BCUT2D eigenvalue weighted by atomic mass is 10.2. The number of amides is 3. The summed E-state index contributed by atoms with van der Waals surface area (Å²) in [7, 11) is 0. The smallest absolute Gasteiger partial charge is 0.322 e. The van der Waals surface area contributed by atoms with Crippen LogP contribution in [0.15, 0.2) is 53.9 Å². The first-order chi connectivity index (χ1) is 16.8. The zero-order valence-electron chi connectivity index (χ0n) is 19.6. The minimum atomic E-state index is -0.249. The van der Waals surface area contributed by atoms with Crippen LogP contribution in [0.1, 0.15) is 29.3 Å². The lowest BCUT2D eigenvalue weighted by Crippen LogP contribution is -2.49. The Balaban J connectivity index is 1.36. The number of piperazine rings is 1. The average molecular weight is 532 g/mol. The van der Waals surface area contributed by atoms with E-state index in [1.165, 1.54) is 11.3 Å². The van der Waals surface area contributed by atoms with Gasteiger partial charge in [0.15, 0.2) is 0 Å². The van der Waals surface area contributed by atoms with E-state index >= 15 is 0 Å². The van der Waals surface area contributed by atoms with Crippen LogP contribution >= 0.6 is 34.5 Å². The number of carbonyl (C=O) groups is 2. The molecule has 0 bridgehead atoms. The summed E-state index contributed by atoms with van der Waals surface area (Å²) in [5.41, 5.74) is 2.02. The first-order valence-electron chi connectivity index (χ1n) is 11.4. The van der Waals surface area contributed by atoms with Gasteiger partial charge in [0.05, 0.1) is 17.3 Å². The van der Waals surface area contributed by atoms with Gasteiger partial charge in [0.2, 0.25) is 0 Å². The van der Waals surface area contributed by atoms with Crippen LogP contribution in [-0.2, 0) is 6.54 Å². The van der Waals surface area contributed by atoms with Crippen molar-refractivity contribution in [3.05, 3.63) is 74.7 Å². The van der Waals surface area contributed by atoms with Crippen molar-refractivity contribution >= 4 is 57.9 Å². The molecule has 0 atom stereocenters. The number of hydrogen-bond acceptors (Lipinski definition) is 5. The van der Waals surface area contributed by atoms with Crippen molar-refractivity contribution in [1.29, 1.82) is 0 Å². The van der Waals surface area contributed by atoms with Crippen molar-refractivity contribution in [3.8, 4) is 0 Å². The second-order valence-corrected chi connectivity index (χ2v) is 10.3.